The second-order valence-electron chi connectivity index (χ2n) is 7.35. The van der Waals surface area contributed by atoms with Crippen LogP contribution in [0, 0.1) is 0 Å². The molecule has 1 aromatic carbocycles. The first-order valence-electron chi connectivity index (χ1n) is 9.82. The molecule has 2 N–H and O–H groups in total. The molecule has 1 saturated heterocycles. The van der Waals surface area contributed by atoms with Crippen LogP contribution in [0.15, 0.2) is 30.9 Å². The number of H-pyrrole nitrogens is 1. The van der Waals surface area contributed by atoms with Gasteiger partial charge in [-0.15, -0.1) is 0 Å². The average molecular weight is 380 g/mol. The van der Waals surface area contributed by atoms with Gasteiger partial charge in [0.25, 0.3) is 0 Å². The Morgan fingerprint density at radius 3 is 2.79 bits per heavy atom. The molecule has 5 rings (SSSR count). The van der Waals surface area contributed by atoms with Crippen molar-refractivity contribution in [1.82, 2.24) is 25.3 Å². The Hall–Kier alpha value is -2.87. The molecule has 0 radical (unpaired) electrons. The molecule has 2 aliphatic heterocycles. The highest BCUT2D eigenvalue weighted by Gasteiger charge is 2.24. The number of imidazole rings is 1. The van der Waals surface area contributed by atoms with Gasteiger partial charge in [-0.2, -0.15) is 0 Å². The fraction of sp³-hybridized carbons (Fsp3) is 0.450. The van der Waals surface area contributed by atoms with E-state index in [1.807, 2.05) is 6.07 Å². The first-order chi connectivity index (χ1) is 13.8. The van der Waals surface area contributed by atoms with E-state index >= 15 is 0 Å². The molecule has 28 heavy (non-hydrogen) atoms. The molecule has 1 fully saturated rings. The molecule has 3 aromatic rings. The lowest BCUT2D eigenvalue weighted by atomic mass is 10.0. The highest BCUT2D eigenvalue weighted by Crippen LogP contribution is 2.33. The van der Waals surface area contributed by atoms with Crippen molar-refractivity contribution < 1.29 is 9.47 Å². The first kappa shape index (κ1) is 17.2. The molecule has 0 amide bonds. The SMILES string of the molecule is C[C@H](NC1CCN(c2ncnc3nc[nH]c23)CC1)c1ccc2c(c1)OCCO2. The van der Waals surface area contributed by atoms with Crippen molar-refractivity contribution >= 4 is 17.0 Å². The number of aromatic amines is 1. The molecule has 0 unspecified atom stereocenters. The van der Waals surface area contributed by atoms with Crippen LogP contribution in [0.1, 0.15) is 31.4 Å². The molecule has 1 atom stereocenters. The highest BCUT2D eigenvalue weighted by molar-refractivity contribution is 5.82. The fourth-order valence-corrected chi connectivity index (χ4v) is 4.03. The molecule has 8 nitrogen and oxygen atoms in total. The van der Waals surface area contributed by atoms with Crippen molar-refractivity contribution in [3.63, 3.8) is 0 Å². The summed E-state index contributed by atoms with van der Waals surface area (Å²) in [5.74, 6) is 2.63. The summed E-state index contributed by atoms with van der Waals surface area (Å²) in [5.41, 5.74) is 2.86. The third kappa shape index (κ3) is 3.24. The van der Waals surface area contributed by atoms with E-state index in [1.165, 1.54) is 5.56 Å². The zero-order chi connectivity index (χ0) is 18.9. The van der Waals surface area contributed by atoms with Gasteiger partial charge in [-0.1, -0.05) is 6.07 Å². The summed E-state index contributed by atoms with van der Waals surface area (Å²) in [5, 5.41) is 3.77. The Morgan fingerprint density at radius 1 is 1.11 bits per heavy atom. The quantitative estimate of drug-likeness (QED) is 0.719. The summed E-state index contributed by atoms with van der Waals surface area (Å²) in [6.07, 6.45) is 5.39. The van der Waals surface area contributed by atoms with E-state index in [2.05, 4.69) is 49.2 Å². The molecule has 146 valence electrons. The number of anilines is 1. The summed E-state index contributed by atoms with van der Waals surface area (Å²) in [7, 11) is 0. The molecule has 0 bridgehead atoms. The van der Waals surface area contributed by atoms with E-state index < -0.39 is 0 Å². The van der Waals surface area contributed by atoms with E-state index in [0.717, 1.165) is 54.4 Å². The van der Waals surface area contributed by atoms with Gasteiger partial charge in [0.05, 0.1) is 6.33 Å². The molecular formula is C20H24N6O2. The van der Waals surface area contributed by atoms with Crippen molar-refractivity contribution in [1.29, 1.82) is 0 Å². The minimum atomic E-state index is 0.255. The van der Waals surface area contributed by atoms with Crippen molar-refractivity contribution in [2.75, 3.05) is 31.2 Å². The van der Waals surface area contributed by atoms with Crippen LogP contribution in [0.3, 0.4) is 0 Å². The Bertz CT molecular complexity index is 966. The van der Waals surface area contributed by atoms with Crippen molar-refractivity contribution in [2.24, 2.45) is 0 Å². The summed E-state index contributed by atoms with van der Waals surface area (Å²) < 4.78 is 11.3. The minimum absolute atomic E-state index is 0.255. The van der Waals surface area contributed by atoms with Crippen molar-refractivity contribution in [2.45, 2.75) is 31.8 Å². The third-order valence-electron chi connectivity index (χ3n) is 5.55. The summed E-state index contributed by atoms with van der Waals surface area (Å²) in [6.45, 7) is 5.35. The van der Waals surface area contributed by atoms with Gasteiger partial charge in [0, 0.05) is 25.2 Å². The standard InChI is InChI=1S/C20H24N6O2/c1-13(14-2-3-16-17(10-14)28-9-8-27-16)25-15-4-6-26(7-5-15)20-18-19(22-11-21-18)23-12-24-20/h2-3,10-13,15,25H,4-9H2,1H3,(H,21,22,23,24)/t13-/m0/s1. The molecule has 2 aromatic heterocycles. The monoisotopic (exact) mass is 380 g/mol. The molecule has 0 aliphatic carbocycles. The topological polar surface area (TPSA) is 88.2 Å². The van der Waals surface area contributed by atoms with E-state index in [4.69, 9.17) is 9.47 Å². The number of fused-ring (bicyclic) bond motifs is 2. The van der Waals surface area contributed by atoms with Crippen LogP contribution in [-0.4, -0.2) is 52.3 Å². The lowest BCUT2D eigenvalue weighted by molar-refractivity contribution is 0.171. The Kier molecular flexibility index (Phi) is 4.48. The van der Waals surface area contributed by atoms with Crippen LogP contribution in [0.2, 0.25) is 0 Å². The Balaban J connectivity index is 1.22. The number of benzene rings is 1. The van der Waals surface area contributed by atoms with Gasteiger partial charge in [0.1, 0.15) is 25.1 Å². The van der Waals surface area contributed by atoms with Crippen LogP contribution in [0.5, 0.6) is 11.5 Å². The van der Waals surface area contributed by atoms with Crippen LogP contribution >= 0.6 is 0 Å². The largest absolute Gasteiger partial charge is 0.486 e. The first-order valence-corrected chi connectivity index (χ1v) is 9.82. The molecule has 2 aliphatic rings. The normalized spacial score (nSPS) is 18.4. The predicted molar refractivity (Wildman–Crippen MR) is 106 cm³/mol. The number of nitrogens with zero attached hydrogens (tertiary/aromatic N) is 4. The van der Waals surface area contributed by atoms with Gasteiger partial charge in [-0.05, 0) is 37.5 Å². The van der Waals surface area contributed by atoms with Crippen LogP contribution in [0.25, 0.3) is 11.2 Å². The number of aromatic nitrogens is 4. The lowest BCUT2D eigenvalue weighted by Gasteiger charge is -2.34. The van der Waals surface area contributed by atoms with Gasteiger partial charge in [0.15, 0.2) is 23.0 Å². The number of piperidine rings is 1. The number of rotatable bonds is 4. The second kappa shape index (κ2) is 7.27. The van der Waals surface area contributed by atoms with Crippen LogP contribution in [0.4, 0.5) is 5.82 Å². The van der Waals surface area contributed by atoms with Crippen LogP contribution < -0.4 is 19.7 Å². The van der Waals surface area contributed by atoms with Crippen molar-refractivity contribution in [3.8, 4) is 11.5 Å². The van der Waals surface area contributed by atoms with Crippen LogP contribution in [-0.2, 0) is 0 Å². The lowest BCUT2D eigenvalue weighted by Crippen LogP contribution is -2.43. The molecule has 0 saturated carbocycles. The second-order valence-corrected chi connectivity index (χ2v) is 7.35. The van der Waals surface area contributed by atoms with Gasteiger partial charge in [0.2, 0.25) is 0 Å². The smallest absolute Gasteiger partial charge is 0.182 e. The molecular weight excluding hydrogens is 356 g/mol. The maximum Gasteiger partial charge on any atom is 0.182 e. The van der Waals surface area contributed by atoms with Gasteiger partial charge in [-0.3, -0.25) is 0 Å². The maximum absolute atomic E-state index is 5.72. The summed E-state index contributed by atoms with van der Waals surface area (Å²) >= 11 is 0. The van der Waals surface area contributed by atoms with Gasteiger partial charge >= 0.3 is 0 Å². The van der Waals surface area contributed by atoms with E-state index in [9.17, 15) is 0 Å². The average Bonchev–Trinajstić information content (AvgIpc) is 3.23. The minimum Gasteiger partial charge on any atom is -0.486 e. The van der Waals surface area contributed by atoms with E-state index in [-0.39, 0.29) is 6.04 Å². The third-order valence-corrected chi connectivity index (χ3v) is 5.55. The van der Waals surface area contributed by atoms with Crippen molar-refractivity contribution in [3.05, 3.63) is 36.4 Å². The Morgan fingerprint density at radius 2 is 1.93 bits per heavy atom. The van der Waals surface area contributed by atoms with Gasteiger partial charge < -0.3 is 24.7 Å². The zero-order valence-electron chi connectivity index (χ0n) is 15.9. The number of nitrogens with one attached hydrogen (secondary N) is 2. The number of ether oxygens (including phenoxy) is 2. The van der Waals surface area contributed by atoms with Gasteiger partial charge in [-0.25, -0.2) is 15.0 Å². The fourth-order valence-electron chi connectivity index (χ4n) is 4.03. The predicted octanol–water partition coefficient (Wildman–Crippen LogP) is 2.44. The van der Waals surface area contributed by atoms with E-state index in [0.29, 0.717) is 19.3 Å². The molecule has 0 spiro atoms. The maximum atomic E-state index is 5.72. The number of hydrogen-bond acceptors (Lipinski definition) is 7. The van der Waals surface area contributed by atoms with E-state index in [1.54, 1.807) is 12.7 Å². The summed E-state index contributed by atoms with van der Waals surface area (Å²) in [4.78, 5) is 18.4. The zero-order valence-corrected chi connectivity index (χ0v) is 15.9. The summed E-state index contributed by atoms with van der Waals surface area (Å²) in [6, 6.07) is 6.95. The Labute approximate surface area is 163 Å². The number of hydrogen-bond donors (Lipinski definition) is 2. The molecule has 4 heterocycles. The highest BCUT2D eigenvalue weighted by atomic mass is 16.6. The molecule has 8 heteroatoms.